The van der Waals surface area contributed by atoms with Gasteiger partial charge < -0.3 is 15.2 Å². The van der Waals surface area contributed by atoms with Crippen LogP contribution in [0.1, 0.15) is 36.5 Å². The van der Waals surface area contributed by atoms with Crippen molar-refractivity contribution in [2.45, 2.75) is 43.2 Å². The SMILES string of the molecule is COC(=O)[C@H](CO)NC(=O)c1cccc(S(=O)(=O)N2CCCC[C@@H]2C)c1. The Hall–Kier alpha value is -1.97. The van der Waals surface area contributed by atoms with Crippen LogP contribution < -0.4 is 5.32 Å². The zero-order chi connectivity index (χ0) is 19.3. The number of ether oxygens (including phenoxy) is 1. The van der Waals surface area contributed by atoms with E-state index in [1.165, 1.54) is 28.6 Å². The molecule has 1 aliphatic rings. The van der Waals surface area contributed by atoms with Crippen LogP contribution in [0, 0.1) is 0 Å². The van der Waals surface area contributed by atoms with Crippen LogP contribution >= 0.6 is 0 Å². The number of methoxy groups -OCH3 is 1. The number of benzene rings is 1. The molecule has 0 spiro atoms. The average molecular weight is 384 g/mol. The Bertz CT molecular complexity index is 764. The van der Waals surface area contributed by atoms with E-state index < -0.39 is 34.5 Å². The third-order valence-electron chi connectivity index (χ3n) is 4.42. The molecule has 1 fully saturated rings. The number of aliphatic hydroxyl groups excluding tert-OH is 1. The van der Waals surface area contributed by atoms with Gasteiger partial charge in [0.2, 0.25) is 10.0 Å². The molecule has 1 saturated heterocycles. The van der Waals surface area contributed by atoms with Gasteiger partial charge in [0.15, 0.2) is 6.04 Å². The van der Waals surface area contributed by atoms with Crippen molar-refractivity contribution < 1.29 is 27.9 Å². The second-order valence-electron chi connectivity index (χ2n) is 6.22. The van der Waals surface area contributed by atoms with Gasteiger partial charge >= 0.3 is 5.97 Å². The fourth-order valence-corrected chi connectivity index (χ4v) is 4.67. The molecule has 1 amide bonds. The van der Waals surface area contributed by atoms with E-state index >= 15 is 0 Å². The lowest BCUT2D eigenvalue weighted by molar-refractivity contribution is -0.143. The first-order valence-corrected chi connectivity index (χ1v) is 9.86. The van der Waals surface area contributed by atoms with Crippen molar-refractivity contribution in [1.29, 1.82) is 0 Å². The predicted octanol–water partition coefficient (Wildman–Crippen LogP) is 0.513. The van der Waals surface area contributed by atoms with E-state index in [2.05, 4.69) is 10.1 Å². The number of carbonyl (C=O) groups is 2. The van der Waals surface area contributed by atoms with Crippen molar-refractivity contribution in [1.82, 2.24) is 9.62 Å². The summed E-state index contributed by atoms with van der Waals surface area (Å²) in [5.74, 6) is -1.45. The Morgan fingerprint density at radius 1 is 1.38 bits per heavy atom. The summed E-state index contributed by atoms with van der Waals surface area (Å²) in [6, 6.07) is 4.33. The summed E-state index contributed by atoms with van der Waals surface area (Å²) >= 11 is 0. The van der Waals surface area contributed by atoms with Gasteiger partial charge in [0.05, 0.1) is 18.6 Å². The molecular weight excluding hydrogens is 360 g/mol. The summed E-state index contributed by atoms with van der Waals surface area (Å²) in [6.07, 6.45) is 2.60. The minimum absolute atomic E-state index is 0.0255. The normalized spacial score (nSPS) is 19.6. The number of amides is 1. The molecule has 26 heavy (non-hydrogen) atoms. The van der Waals surface area contributed by atoms with E-state index in [-0.39, 0.29) is 16.5 Å². The second-order valence-corrected chi connectivity index (χ2v) is 8.11. The molecule has 1 aromatic rings. The second kappa shape index (κ2) is 8.61. The van der Waals surface area contributed by atoms with Crippen LogP contribution in [-0.2, 0) is 19.6 Å². The molecule has 0 unspecified atom stereocenters. The zero-order valence-electron chi connectivity index (χ0n) is 14.8. The molecule has 0 aromatic heterocycles. The van der Waals surface area contributed by atoms with Gasteiger partial charge in [-0.05, 0) is 38.0 Å². The first kappa shape index (κ1) is 20.3. The van der Waals surface area contributed by atoms with Crippen molar-refractivity contribution in [2.24, 2.45) is 0 Å². The standard InChI is InChI=1S/C17H24N2O6S/c1-12-6-3-4-9-19(12)26(23,24)14-8-5-7-13(10-14)16(21)18-15(11-20)17(22)25-2/h5,7-8,10,12,15,20H,3-4,6,9,11H2,1-2H3,(H,18,21)/t12-,15-/m0/s1. The third kappa shape index (κ3) is 4.40. The minimum Gasteiger partial charge on any atom is -0.467 e. The Balaban J connectivity index is 2.24. The van der Waals surface area contributed by atoms with Gasteiger partial charge in [-0.3, -0.25) is 4.79 Å². The van der Waals surface area contributed by atoms with Crippen molar-refractivity contribution in [3.63, 3.8) is 0 Å². The molecule has 8 nitrogen and oxygen atoms in total. The summed E-state index contributed by atoms with van der Waals surface area (Å²) in [7, 11) is -2.57. The number of esters is 1. The monoisotopic (exact) mass is 384 g/mol. The van der Waals surface area contributed by atoms with Crippen LogP contribution in [0.5, 0.6) is 0 Å². The summed E-state index contributed by atoms with van der Waals surface area (Å²) in [5, 5.41) is 11.5. The molecule has 0 saturated carbocycles. The van der Waals surface area contributed by atoms with Gasteiger partial charge in [0, 0.05) is 18.2 Å². The molecule has 0 aliphatic carbocycles. The van der Waals surface area contributed by atoms with Gasteiger partial charge in [-0.25, -0.2) is 13.2 Å². The van der Waals surface area contributed by atoms with Crippen LogP contribution in [0.15, 0.2) is 29.2 Å². The largest absolute Gasteiger partial charge is 0.467 e. The lowest BCUT2D eigenvalue weighted by Gasteiger charge is -2.32. The molecule has 1 aromatic carbocycles. The van der Waals surface area contributed by atoms with E-state index in [0.717, 1.165) is 26.4 Å². The third-order valence-corrected chi connectivity index (χ3v) is 6.43. The number of hydrogen-bond acceptors (Lipinski definition) is 6. The highest BCUT2D eigenvalue weighted by atomic mass is 32.2. The summed E-state index contributed by atoms with van der Waals surface area (Å²) in [6.45, 7) is 1.70. The Labute approximate surface area is 153 Å². The molecule has 1 aliphatic heterocycles. The Morgan fingerprint density at radius 3 is 2.73 bits per heavy atom. The van der Waals surface area contributed by atoms with E-state index in [4.69, 9.17) is 0 Å². The summed E-state index contributed by atoms with van der Waals surface area (Å²) in [4.78, 5) is 23.8. The number of nitrogens with zero attached hydrogens (tertiary/aromatic N) is 1. The first-order valence-electron chi connectivity index (χ1n) is 8.42. The van der Waals surface area contributed by atoms with Crippen molar-refractivity contribution in [3.05, 3.63) is 29.8 Å². The van der Waals surface area contributed by atoms with E-state index in [1.807, 2.05) is 6.92 Å². The lowest BCUT2D eigenvalue weighted by Crippen LogP contribution is -2.44. The predicted molar refractivity (Wildman–Crippen MR) is 94.0 cm³/mol. The van der Waals surface area contributed by atoms with Crippen LogP contribution in [-0.4, -0.2) is 62.1 Å². The maximum Gasteiger partial charge on any atom is 0.330 e. The smallest absolute Gasteiger partial charge is 0.330 e. The van der Waals surface area contributed by atoms with Gasteiger partial charge in [-0.2, -0.15) is 4.31 Å². The highest BCUT2D eigenvalue weighted by Crippen LogP contribution is 2.25. The molecule has 144 valence electrons. The topological polar surface area (TPSA) is 113 Å². The van der Waals surface area contributed by atoms with E-state index in [1.54, 1.807) is 0 Å². The summed E-state index contributed by atoms with van der Waals surface area (Å²) < 4.78 is 31.7. The van der Waals surface area contributed by atoms with E-state index in [0.29, 0.717) is 6.54 Å². The minimum atomic E-state index is -3.71. The molecule has 1 heterocycles. The van der Waals surface area contributed by atoms with Gasteiger partial charge in [-0.1, -0.05) is 12.5 Å². The lowest BCUT2D eigenvalue weighted by atomic mass is 10.1. The fraction of sp³-hybridized carbons (Fsp3) is 0.529. The summed E-state index contributed by atoms with van der Waals surface area (Å²) in [5.41, 5.74) is 0.0816. The highest BCUT2D eigenvalue weighted by molar-refractivity contribution is 7.89. The average Bonchev–Trinajstić information content (AvgIpc) is 2.65. The fourth-order valence-electron chi connectivity index (χ4n) is 2.92. The van der Waals surface area contributed by atoms with Gasteiger partial charge in [0.25, 0.3) is 5.91 Å². The quantitative estimate of drug-likeness (QED) is 0.691. The van der Waals surface area contributed by atoms with Gasteiger partial charge in [0.1, 0.15) is 0 Å². The van der Waals surface area contributed by atoms with Crippen LogP contribution in [0.4, 0.5) is 0 Å². The molecule has 2 atom stereocenters. The van der Waals surface area contributed by atoms with Crippen LogP contribution in [0.3, 0.4) is 0 Å². The number of rotatable bonds is 6. The zero-order valence-corrected chi connectivity index (χ0v) is 15.7. The molecular formula is C17H24N2O6S. The maximum atomic E-state index is 12.9. The number of aliphatic hydroxyl groups is 1. The van der Waals surface area contributed by atoms with Crippen LogP contribution in [0.2, 0.25) is 0 Å². The maximum absolute atomic E-state index is 12.9. The number of carbonyl (C=O) groups excluding carboxylic acids is 2. The van der Waals surface area contributed by atoms with Crippen molar-refractivity contribution in [3.8, 4) is 0 Å². The first-order chi connectivity index (χ1) is 12.3. The molecule has 9 heteroatoms. The Morgan fingerprint density at radius 2 is 2.12 bits per heavy atom. The Kier molecular flexibility index (Phi) is 6.74. The van der Waals surface area contributed by atoms with E-state index in [9.17, 15) is 23.1 Å². The van der Waals surface area contributed by atoms with Crippen molar-refractivity contribution in [2.75, 3.05) is 20.3 Å². The van der Waals surface area contributed by atoms with Crippen LogP contribution in [0.25, 0.3) is 0 Å². The van der Waals surface area contributed by atoms with Crippen molar-refractivity contribution >= 4 is 21.9 Å². The molecule has 2 N–H and O–H groups in total. The number of sulfonamides is 1. The highest BCUT2D eigenvalue weighted by Gasteiger charge is 2.31. The number of hydrogen-bond donors (Lipinski definition) is 2. The number of nitrogens with one attached hydrogen (secondary N) is 1. The molecule has 0 radical (unpaired) electrons. The number of piperidine rings is 1. The molecule has 0 bridgehead atoms. The van der Waals surface area contributed by atoms with Gasteiger partial charge in [-0.15, -0.1) is 0 Å². The molecule has 2 rings (SSSR count).